The minimum Gasteiger partial charge on any atom is -0.497 e. The van der Waals surface area contributed by atoms with Crippen LogP contribution in [0.5, 0.6) is 5.75 Å². The van der Waals surface area contributed by atoms with E-state index in [0.29, 0.717) is 10.8 Å². The summed E-state index contributed by atoms with van der Waals surface area (Å²) in [6.45, 7) is 0. The fraction of sp³-hybridized carbons (Fsp3) is 0.188. The van der Waals surface area contributed by atoms with Gasteiger partial charge in [0.15, 0.2) is 0 Å². The van der Waals surface area contributed by atoms with E-state index in [0.717, 1.165) is 22.6 Å². The first-order chi connectivity index (χ1) is 10.2. The molecular weight excluding hydrogens is 306 g/mol. The largest absolute Gasteiger partial charge is 0.497 e. The Morgan fingerprint density at radius 2 is 2.14 bits per heavy atom. The standard InChI is InChI=1S/C16H14ClNO2S/c1-20-12-4-2-3-10(7-12)16-13-8-11(17)5-6-14(13)18-15(19)9-21-16/h2-8,16H,9H2,1H3,(H,18,19)/t16-/m1/s1. The lowest BCUT2D eigenvalue weighted by atomic mass is 10.0. The van der Waals surface area contributed by atoms with E-state index in [9.17, 15) is 4.79 Å². The molecule has 1 N–H and O–H groups in total. The van der Waals surface area contributed by atoms with Gasteiger partial charge in [-0.25, -0.2) is 0 Å². The Labute approximate surface area is 132 Å². The molecule has 2 aromatic rings. The number of hydrogen-bond acceptors (Lipinski definition) is 3. The summed E-state index contributed by atoms with van der Waals surface area (Å²) < 4.78 is 5.29. The second kappa shape index (κ2) is 6.00. The molecule has 0 saturated carbocycles. The summed E-state index contributed by atoms with van der Waals surface area (Å²) in [5, 5.41) is 3.64. The normalized spacial score (nSPS) is 17.6. The molecule has 21 heavy (non-hydrogen) atoms. The van der Waals surface area contributed by atoms with Gasteiger partial charge < -0.3 is 10.1 Å². The van der Waals surface area contributed by atoms with Crippen LogP contribution in [-0.2, 0) is 4.79 Å². The molecule has 0 saturated heterocycles. The van der Waals surface area contributed by atoms with Gasteiger partial charge in [-0.3, -0.25) is 4.79 Å². The van der Waals surface area contributed by atoms with Crippen LogP contribution >= 0.6 is 23.4 Å². The van der Waals surface area contributed by atoms with E-state index in [1.54, 1.807) is 24.9 Å². The quantitative estimate of drug-likeness (QED) is 0.904. The summed E-state index contributed by atoms with van der Waals surface area (Å²) in [5.41, 5.74) is 2.94. The summed E-state index contributed by atoms with van der Waals surface area (Å²) in [7, 11) is 1.65. The van der Waals surface area contributed by atoms with Crippen molar-refractivity contribution in [2.75, 3.05) is 18.2 Å². The van der Waals surface area contributed by atoms with Crippen molar-refractivity contribution >= 4 is 35.0 Å². The van der Waals surface area contributed by atoms with Crippen LogP contribution in [0.25, 0.3) is 0 Å². The molecule has 1 aliphatic heterocycles. The van der Waals surface area contributed by atoms with Crippen LogP contribution in [0.4, 0.5) is 5.69 Å². The maximum absolute atomic E-state index is 11.8. The van der Waals surface area contributed by atoms with Crippen molar-refractivity contribution in [3.05, 3.63) is 58.6 Å². The van der Waals surface area contributed by atoms with Crippen molar-refractivity contribution in [3.8, 4) is 5.75 Å². The lowest BCUT2D eigenvalue weighted by molar-refractivity contribution is -0.113. The first-order valence-corrected chi connectivity index (χ1v) is 7.95. The Morgan fingerprint density at radius 1 is 1.29 bits per heavy atom. The summed E-state index contributed by atoms with van der Waals surface area (Å²) in [6, 6.07) is 13.5. The Bertz CT molecular complexity index is 690. The predicted molar refractivity (Wildman–Crippen MR) is 87.4 cm³/mol. The number of methoxy groups -OCH3 is 1. The van der Waals surface area contributed by atoms with E-state index in [2.05, 4.69) is 5.32 Å². The third-order valence-electron chi connectivity index (χ3n) is 3.35. The van der Waals surface area contributed by atoms with Crippen molar-refractivity contribution in [1.82, 2.24) is 0 Å². The molecule has 0 spiro atoms. The highest BCUT2D eigenvalue weighted by molar-refractivity contribution is 8.00. The van der Waals surface area contributed by atoms with Crippen molar-refractivity contribution in [1.29, 1.82) is 0 Å². The third-order valence-corrected chi connectivity index (χ3v) is 4.87. The second-order valence-electron chi connectivity index (χ2n) is 4.75. The molecule has 0 aliphatic carbocycles. The maximum Gasteiger partial charge on any atom is 0.234 e. The molecule has 0 radical (unpaired) electrons. The van der Waals surface area contributed by atoms with Crippen LogP contribution in [0.2, 0.25) is 5.02 Å². The van der Waals surface area contributed by atoms with Gasteiger partial charge in [-0.1, -0.05) is 23.7 Å². The smallest absolute Gasteiger partial charge is 0.234 e. The molecule has 3 nitrogen and oxygen atoms in total. The molecular formula is C16H14ClNO2S. The SMILES string of the molecule is COc1cccc([C@H]2SCC(=O)Nc3ccc(Cl)cc32)c1. The number of hydrogen-bond donors (Lipinski definition) is 1. The Balaban J connectivity index is 2.09. The zero-order chi connectivity index (χ0) is 14.8. The number of fused-ring (bicyclic) bond motifs is 1. The van der Waals surface area contributed by atoms with E-state index in [1.165, 1.54) is 0 Å². The number of carbonyl (C=O) groups excluding carboxylic acids is 1. The van der Waals surface area contributed by atoms with Crippen LogP contribution in [-0.4, -0.2) is 18.8 Å². The number of carbonyl (C=O) groups is 1. The fourth-order valence-corrected chi connectivity index (χ4v) is 3.66. The first-order valence-electron chi connectivity index (χ1n) is 6.52. The number of rotatable bonds is 2. The number of anilines is 1. The van der Waals surface area contributed by atoms with E-state index in [4.69, 9.17) is 16.3 Å². The van der Waals surface area contributed by atoms with E-state index >= 15 is 0 Å². The highest BCUT2D eigenvalue weighted by Crippen LogP contribution is 2.42. The summed E-state index contributed by atoms with van der Waals surface area (Å²) >= 11 is 7.72. The predicted octanol–water partition coefficient (Wildman–Crippen LogP) is 4.12. The second-order valence-corrected chi connectivity index (χ2v) is 6.28. The summed E-state index contributed by atoms with van der Waals surface area (Å²) in [5.74, 6) is 1.22. The number of nitrogens with one attached hydrogen (secondary N) is 1. The molecule has 1 heterocycles. The van der Waals surface area contributed by atoms with Gasteiger partial charge in [0.05, 0.1) is 18.1 Å². The van der Waals surface area contributed by atoms with Crippen LogP contribution in [0, 0.1) is 0 Å². The maximum atomic E-state index is 11.8. The van der Waals surface area contributed by atoms with Gasteiger partial charge in [0.25, 0.3) is 0 Å². The van der Waals surface area contributed by atoms with E-state index in [-0.39, 0.29) is 11.2 Å². The van der Waals surface area contributed by atoms with Crippen molar-refractivity contribution in [2.45, 2.75) is 5.25 Å². The van der Waals surface area contributed by atoms with E-state index < -0.39 is 0 Å². The Morgan fingerprint density at radius 3 is 2.95 bits per heavy atom. The highest BCUT2D eigenvalue weighted by atomic mass is 35.5. The van der Waals surface area contributed by atoms with Crippen LogP contribution in [0.3, 0.4) is 0 Å². The minimum absolute atomic E-state index is 0.00830. The number of halogens is 1. The van der Waals surface area contributed by atoms with Gasteiger partial charge in [-0.05, 0) is 41.5 Å². The van der Waals surface area contributed by atoms with Crippen molar-refractivity contribution < 1.29 is 9.53 Å². The molecule has 0 unspecified atom stereocenters. The monoisotopic (exact) mass is 319 g/mol. The molecule has 1 amide bonds. The van der Waals surface area contributed by atoms with Crippen LogP contribution in [0.15, 0.2) is 42.5 Å². The molecule has 0 bridgehead atoms. The molecule has 108 valence electrons. The summed E-state index contributed by atoms with van der Waals surface area (Å²) in [4.78, 5) is 11.8. The average molecular weight is 320 g/mol. The molecule has 2 aromatic carbocycles. The lowest BCUT2D eigenvalue weighted by Gasteiger charge is -2.18. The van der Waals surface area contributed by atoms with Gasteiger partial charge in [0.2, 0.25) is 5.91 Å². The Hall–Kier alpha value is -1.65. The molecule has 5 heteroatoms. The Kier molecular flexibility index (Phi) is 4.08. The number of amides is 1. The molecule has 0 fully saturated rings. The number of benzene rings is 2. The fourth-order valence-electron chi connectivity index (χ4n) is 2.38. The first kappa shape index (κ1) is 14.3. The van der Waals surface area contributed by atoms with Gasteiger partial charge in [0.1, 0.15) is 5.75 Å². The van der Waals surface area contributed by atoms with Crippen molar-refractivity contribution in [2.24, 2.45) is 0 Å². The number of thioether (sulfide) groups is 1. The summed E-state index contributed by atoms with van der Waals surface area (Å²) in [6.07, 6.45) is 0. The topological polar surface area (TPSA) is 38.3 Å². The average Bonchev–Trinajstić information content (AvgIpc) is 2.65. The molecule has 0 aromatic heterocycles. The van der Waals surface area contributed by atoms with Crippen LogP contribution in [0.1, 0.15) is 16.4 Å². The van der Waals surface area contributed by atoms with Gasteiger partial charge in [-0.2, -0.15) is 0 Å². The van der Waals surface area contributed by atoms with Crippen molar-refractivity contribution in [3.63, 3.8) is 0 Å². The van der Waals surface area contributed by atoms with Crippen LogP contribution < -0.4 is 10.1 Å². The number of ether oxygens (including phenoxy) is 1. The molecule has 3 rings (SSSR count). The zero-order valence-electron chi connectivity index (χ0n) is 11.4. The van der Waals surface area contributed by atoms with Gasteiger partial charge in [-0.15, -0.1) is 11.8 Å². The zero-order valence-corrected chi connectivity index (χ0v) is 13.0. The molecule has 1 atom stereocenters. The lowest BCUT2D eigenvalue weighted by Crippen LogP contribution is -2.12. The minimum atomic E-state index is 0.00830. The molecule has 1 aliphatic rings. The highest BCUT2D eigenvalue weighted by Gasteiger charge is 2.24. The van der Waals surface area contributed by atoms with Gasteiger partial charge >= 0.3 is 0 Å². The van der Waals surface area contributed by atoms with Gasteiger partial charge in [0, 0.05) is 10.7 Å². The van der Waals surface area contributed by atoms with E-state index in [1.807, 2.05) is 36.4 Å². The third kappa shape index (κ3) is 3.01.